The number of nitrogens with one attached hydrogen (secondary N) is 2. The molecule has 0 aliphatic heterocycles. The molecule has 0 atom stereocenters. The van der Waals surface area contributed by atoms with Crippen molar-refractivity contribution in [1.29, 1.82) is 5.26 Å². The van der Waals surface area contributed by atoms with Crippen LogP contribution in [0.4, 0.5) is 23.1 Å². The molecule has 2 aromatic carbocycles. The number of aryl methyl sites for hydroxylation is 1. The SMILES string of the molecule is COC(=O)c1ccc(Cl)c(Nc2nc(C)cc(Nc3ccc(C#N)cc3)n2)c1. The Morgan fingerprint density at radius 3 is 2.54 bits per heavy atom. The smallest absolute Gasteiger partial charge is 0.337 e. The molecule has 8 heteroatoms. The number of carbonyl (C=O) groups excluding carboxylic acids is 1. The summed E-state index contributed by atoms with van der Waals surface area (Å²) in [5, 5.41) is 15.5. The van der Waals surface area contributed by atoms with Gasteiger partial charge in [-0.2, -0.15) is 10.2 Å². The van der Waals surface area contributed by atoms with Gasteiger partial charge in [0, 0.05) is 17.4 Å². The molecule has 3 aromatic rings. The van der Waals surface area contributed by atoms with E-state index in [1.807, 2.05) is 6.92 Å². The highest BCUT2D eigenvalue weighted by molar-refractivity contribution is 6.33. The molecule has 0 bridgehead atoms. The number of rotatable bonds is 5. The van der Waals surface area contributed by atoms with E-state index in [9.17, 15) is 4.79 Å². The van der Waals surface area contributed by atoms with Gasteiger partial charge in [0.15, 0.2) is 0 Å². The third-order valence-corrected chi connectivity index (χ3v) is 4.10. The van der Waals surface area contributed by atoms with Crippen molar-refractivity contribution in [3.05, 3.63) is 70.4 Å². The lowest BCUT2D eigenvalue weighted by atomic mass is 10.2. The van der Waals surface area contributed by atoms with Crippen LogP contribution in [-0.2, 0) is 4.74 Å². The van der Waals surface area contributed by atoms with Crippen molar-refractivity contribution in [2.24, 2.45) is 0 Å². The molecule has 2 N–H and O–H groups in total. The Morgan fingerprint density at radius 1 is 1.11 bits per heavy atom. The van der Waals surface area contributed by atoms with E-state index in [0.717, 1.165) is 11.4 Å². The van der Waals surface area contributed by atoms with E-state index in [1.54, 1.807) is 48.5 Å². The van der Waals surface area contributed by atoms with Crippen molar-refractivity contribution < 1.29 is 9.53 Å². The van der Waals surface area contributed by atoms with Crippen LogP contribution in [0.3, 0.4) is 0 Å². The van der Waals surface area contributed by atoms with Crippen LogP contribution in [0.5, 0.6) is 0 Å². The Hall–Kier alpha value is -3.63. The van der Waals surface area contributed by atoms with E-state index in [-0.39, 0.29) is 0 Å². The van der Waals surface area contributed by atoms with Crippen LogP contribution in [0, 0.1) is 18.3 Å². The molecule has 0 radical (unpaired) electrons. The second-order valence-electron chi connectivity index (χ2n) is 5.84. The van der Waals surface area contributed by atoms with Gasteiger partial charge in [-0.1, -0.05) is 11.6 Å². The highest BCUT2D eigenvalue weighted by Crippen LogP contribution is 2.27. The van der Waals surface area contributed by atoms with Gasteiger partial charge in [0.05, 0.1) is 35.0 Å². The molecule has 1 heterocycles. The summed E-state index contributed by atoms with van der Waals surface area (Å²) in [5.41, 5.74) is 2.94. The fourth-order valence-electron chi connectivity index (χ4n) is 2.45. The maximum Gasteiger partial charge on any atom is 0.337 e. The van der Waals surface area contributed by atoms with Crippen LogP contribution < -0.4 is 10.6 Å². The number of ether oxygens (including phenoxy) is 1. The third-order valence-electron chi connectivity index (χ3n) is 3.77. The van der Waals surface area contributed by atoms with Gasteiger partial charge in [0.25, 0.3) is 0 Å². The molecule has 0 saturated heterocycles. The summed E-state index contributed by atoms with van der Waals surface area (Å²) >= 11 is 6.22. The van der Waals surface area contributed by atoms with Crippen molar-refractivity contribution in [2.75, 3.05) is 17.7 Å². The first-order valence-electron chi connectivity index (χ1n) is 8.26. The number of hydrogen-bond acceptors (Lipinski definition) is 7. The average Bonchev–Trinajstić information content (AvgIpc) is 2.69. The van der Waals surface area contributed by atoms with Crippen molar-refractivity contribution in [3.8, 4) is 6.07 Å². The lowest BCUT2D eigenvalue weighted by Crippen LogP contribution is -2.05. The van der Waals surface area contributed by atoms with Crippen LogP contribution in [0.2, 0.25) is 5.02 Å². The number of esters is 1. The van der Waals surface area contributed by atoms with E-state index >= 15 is 0 Å². The van der Waals surface area contributed by atoms with Crippen LogP contribution in [-0.4, -0.2) is 23.0 Å². The molecule has 1 aromatic heterocycles. The molecule has 0 saturated carbocycles. The zero-order valence-electron chi connectivity index (χ0n) is 15.2. The van der Waals surface area contributed by atoms with Gasteiger partial charge in [0.1, 0.15) is 5.82 Å². The minimum atomic E-state index is -0.465. The van der Waals surface area contributed by atoms with Crippen LogP contribution in [0.25, 0.3) is 0 Å². The van der Waals surface area contributed by atoms with Gasteiger partial charge in [-0.3, -0.25) is 0 Å². The maximum atomic E-state index is 11.7. The number of carbonyl (C=O) groups is 1. The monoisotopic (exact) mass is 393 g/mol. The number of methoxy groups -OCH3 is 1. The Morgan fingerprint density at radius 2 is 1.86 bits per heavy atom. The lowest BCUT2D eigenvalue weighted by molar-refractivity contribution is 0.0601. The van der Waals surface area contributed by atoms with E-state index in [2.05, 4.69) is 26.7 Å². The fraction of sp³-hybridized carbons (Fsp3) is 0.100. The molecule has 140 valence electrons. The van der Waals surface area contributed by atoms with Crippen LogP contribution >= 0.6 is 11.6 Å². The molecule has 7 nitrogen and oxygen atoms in total. The first-order valence-corrected chi connectivity index (χ1v) is 8.64. The average molecular weight is 394 g/mol. The molecular weight excluding hydrogens is 378 g/mol. The predicted octanol–water partition coefficient (Wildman–Crippen LogP) is 4.58. The zero-order valence-corrected chi connectivity index (χ0v) is 15.9. The second kappa shape index (κ2) is 8.37. The van der Waals surface area contributed by atoms with Crippen molar-refractivity contribution in [1.82, 2.24) is 9.97 Å². The normalized spacial score (nSPS) is 10.1. The Kier molecular flexibility index (Phi) is 5.72. The Bertz CT molecular complexity index is 1060. The highest BCUT2D eigenvalue weighted by atomic mass is 35.5. The molecule has 0 amide bonds. The van der Waals surface area contributed by atoms with Gasteiger partial charge in [0.2, 0.25) is 5.95 Å². The summed E-state index contributed by atoms with van der Waals surface area (Å²) < 4.78 is 4.73. The summed E-state index contributed by atoms with van der Waals surface area (Å²) in [6, 6.07) is 15.6. The van der Waals surface area contributed by atoms with Gasteiger partial charge in [-0.25, -0.2) is 9.78 Å². The molecular formula is C20H16ClN5O2. The second-order valence-corrected chi connectivity index (χ2v) is 6.25. The number of anilines is 4. The van der Waals surface area contributed by atoms with E-state index in [0.29, 0.717) is 33.6 Å². The Labute approximate surface area is 167 Å². The largest absolute Gasteiger partial charge is 0.465 e. The zero-order chi connectivity index (χ0) is 20.1. The van der Waals surface area contributed by atoms with Gasteiger partial charge in [-0.15, -0.1) is 0 Å². The number of nitriles is 1. The quantitative estimate of drug-likeness (QED) is 0.611. The van der Waals surface area contributed by atoms with Gasteiger partial charge < -0.3 is 15.4 Å². The van der Waals surface area contributed by atoms with E-state index in [4.69, 9.17) is 21.6 Å². The number of benzene rings is 2. The first-order chi connectivity index (χ1) is 13.5. The molecule has 0 spiro atoms. The summed E-state index contributed by atoms with van der Waals surface area (Å²) in [6.07, 6.45) is 0. The van der Waals surface area contributed by atoms with Gasteiger partial charge >= 0.3 is 5.97 Å². The molecule has 3 rings (SSSR count). The van der Waals surface area contributed by atoms with Crippen LogP contribution in [0.1, 0.15) is 21.6 Å². The summed E-state index contributed by atoms with van der Waals surface area (Å²) in [4.78, 5) is 20.5. The van der Waals surface area contributed by atoms with Gasteiger partial charge in [-0.05, 0) is 49.4 Å². The summed E-state index contributed by atoms with van der Waals surface area (Å²) in [7, 11) is 1.31. The van der Waals surface area contributed by atoms with E-state index < -0.39 is 5.97 Å². The van der Waals surface area contributed by atoms with E-state index in [1.165, 1.54) is 7.11 Å². The minimum Gasteiger partial charge on any atom is -0.465 e. The minimum absolute atomic E-state index is 0.320. The lowest BCUT2D eigenvalue weighted by Gasteiger charge is -2.12. The van der Waals surface area contributed by atoms with Crippen molar-refractivity contribution in [3.63, 3.8) is 0 Å². The number of halogens is 1. The molecule has 0 unspecified atom stereocenters. The standard InChI is InChI=1S/C20H16ClN5O2/c1-12-9-18(24-15-6-3-13(11-22)4-7-15)26-20(23-12)25-17-10-14(19(27)28-2)5-8-16(17)21/h3-10H,1-2H3,(H2,23,24,25,26). The van der Waals surface area contributed by atoms with Crippen LogP contribution in [0.15, 0.2) is 48.5 Å². The van der Waals surface area contributed by atoms with Crippen molar-refractivity contribution >= 4 is 40.7 Å². The highest BCUT2D eigenvalue weighted by Gasteiger charge is 2.11. The first kappa shape index (κ1) is 19.1. The molecule has 28 heavy (non-hydrogen) atoms. The number of aromatic nitrogens is 2. The number of nitrogens with zero attached hydrogens (tertiary/aromatic N) is 3. The third kappa shape index (κ3) is 4.55. The van der Waals surface area contributed by atoms with Crippen molar-refractivity contribution in [2.45, 2.75) is 6.92 Å². The number of hydrogen-bond donors (Lipinski definition) is 2. The summed E-state index contributed by atoms with van der Waals surface area (Å²) in [6.45, 7) is 1.84. The summed E-state index contributed by atoms with van der Waals surface area (Å²) in [5.74, 6) is 0.424. The fourth-order valence-corrected chi connectivity index (χ4v) is 2.62. The Balaban J connectivity index is 1.85. The molecule has 0 aliphatic carbocycles. The molecule has 0 aliphatic rings. The topological polar surface area (TPSA) is 99.9 Å². The molecule has 0 fully saturated rings. The maximum absolute atomic E-state index is 11.7. The predicted molar refractivity (Wildman–Crippen MR) is 107 cm³/mol.